The molecule has 1 aliphatic heterocycles. The average Bonchev–Trinajstić information content (AvgIpc) is 2.69. The first-order chi connectivity index (χ1) is 13.1. The molecule has 2 aromatic carbocycles. The molecule has 142 valence electrons. The molecule has 0 aliphatic carbocycles. The molecule has 0 saturated carbocycles. The maximum Gasteiger partial charge on any atom is 0.234 e. The zero-order chi connectivity index (χ0) is 19.1. The number of piperazine rings is 1. The summed E-state index contributed by atoms with van der Waals surface area (Å²) in [6.07, 6.45) is 0.0736. The summed E-state index contributed by atoms with van der Waals surface area (Å²) in [5.74, 6) is -0.446. The second kappa shape index (κ2) is 9.28. The largest absolute Gasteiger partial charge is 0.351 e. The molecule has 3 rings (SSSR count). The van der Waals surface area contributed by atoms with Crippen LogP contribution in [0.25, 0.3) is 0 Å². The number of halogens is 1. The molecule has 2 amide bonds. The van der Waals surface area contributed by atoms with Crippen LogP contribution in [-0.2, 0) is 22.6 Å². The van der Waals surface area contributed by atoms with Gasteiger partial charge in [-0.2, -0.15) is 0 Å². The van der Waals surface area contributed by atoms with Gasteiger partial charge in [-0.15, -0.1) is 0 Å². The van der Waals surface area contributed by atoms with Gasteiger partial charge in [0.2, 0.25) is 11.8 Å². The van der Waals surface area contributed by atoms with Crippen molar-refractivity contribution in [2.45, 2.75) is 13.0 Å². The molecule has 1 saturated heterocycles. The minimum absolute atomic E-state index is 0.0232. The van der Waals surface area contributed by atoms with Gasteiger partial charge in [-0.05, 0) is 17.2 Å². The van der Waals surface area contributed by atoms with E-state index in [9.17, 15) is 14.0 Å². The van der Waals surface area contributed by atoms with E-state index in [1.165, 1.54) is 6.07 Å². The molecule has 6 heteroatoms. The van der Waals surface area contributed by atoms with E-state index >= 15 is 0 Å². The predicted octanol–water partition coefficient (Wildman–Crippen LogP) is 1.83. The monoisotopic (exact) mass is 369 g/mol. The van der Waals surface area contributed by atoms with E-state index < -0.39 is 0 Å². The van der Waals surface area contributed by atoms with Crippen molar-refractivity contribution < 1.29 is 14.0 Å². The van der Waals surface area contributed by atoms with E-state index in [4.69, 9.17) is 0 Å². The first kappa shape index (κ1) is 19.0. The Labute approximate surface area is 158 Å². The average molecular weight is 369 g/mol. The quantitative estimate of drug-likeness (QED) is 0.845. The molecule has 0 spiro atoms. The number of nitrogens with one attached hydrogen (secondary N) is 1. The number of carbonyl (C=O) groups excluding carboxylic acids is 2. The van der Waals surface area contributed by atoms with Crippen LogP contribution >= 0.6 is 0 Å². The number of amides is 2. The van der Waals surface area contributed by atoms with Crippen molar-refractivity contribution in [1.82, 2.24) is 15.1 Å². The summed E-state index contributed by atoms with van der Waals surface area (Å²) in [5, 5.41) is 2.92. The Morgan fingerprint density at radius 3 is 2.30 bits per heavy atom. The standard InChI is InChI=1S/C21H24FN3O2/c22-19-9-5-4-8-18(19)14-21(27)25-12-10-24(11-13-25)16-20(26)23-15-17-6-2-1-3-7-17/h1-9H,10-16H2,(H,23,26). The number of hydrogen-bond donors (Lipinski definition) is 1. The van der Waals surface area contributed by atoms with Crippen molar-refractivity contribution in [2.24, 2.45) is 0 Å². The maximum atomic E-state index is 13.7. The topological polar surface area (TPSA) is 52.7 Å². The third-order valence-electron chi connectivity index (χ3n) is 4.72. The lowest BCUT2D eigenvalue weighted by molar-refractivity contribution is -0.132. The van der Waals surface area contributed by atoms with E-state index in [2.05, 4.69) is 5.32 Å². The molecular formula is C21H24FN3O2. The number of rotatable bonds is 6. The fourth-order valence-electron chi connectivity index (χ4n) is 3.13. The Balaban J connectivity index is 1.40. The van der Waals surface area contributed by atoms with Gasteiger partial charge in [0, 0.05) is 32.7 Å². The van der Waals surface area contributed by atoms with Crippen molar-refractivity contribution in [1.29, 1.82) is 0 Å². The maximum absolute atomic E-state index is 13.7. The molecule has 2 aromatic rings. The third-order valence-corrected chi connectivity index (χ3v) is 4.72. The van der Waals surface area contributed by atoms with Gasteiger partial charge in [-0.25, -0.2) is 4.39 Å². The van der Waals surface area contributed by atoms with Gasteiger partial charge in [0.15, 0.2) is 0 Å². The summed E-state index contributed by atoms with van der Waals surface area (Å²) in [7, 11) is 0. The van der Waals surface area contributed by atoms with Crippen LogP contribution in [0.4, 0.5) is 4.39 Å². The smallest absolute Gasteiger partial charge is 0.234 e. The lowest BCUT2D eigenvalue weighted by atomic mass is 10.1. The van der Waals surface area contributed by atoms with Crippen LogP contribution < -0.4 is 5.32 Å². The minimum Gasteiger partial charge on any atom is -0.351 e. The summed E-state index contributed by atoms with van der Waals surface area (Å²) in [6, 6.07) is 16.1. The molecule has 1 heterocycles. The number of hydrogen-bond acceptors (Lipinski definition) is 3. The molecule has 0 atom stereocenters. The molecule has 1 fully saturated rings. The first-order valence-electron chi connectivity index (χ1n) is 9.16. The minimum atomic E-state index is -0.348. The van der Waals surface area contributed by atoms with Crippen molar-refractivity contribution in [3.05, 3.63) is 71.5 Å². The summed E-state index contributed by atoms with van der Waals surface area (Å²) < 4.78 is 13.7. The SMILES string of the molecule is O=C(CN1CCN(C(=O)Cc2ccccc2F)CC1)NCc1ccccc1. The van der Waals surface area contributed by atoms with Crippen LogP contribution in [0.1, 0.15) is 11.1 Å². The zero-order valence-corrected chi connectivity index (χ0v) is 15.2. The molecule has 0 bridgehead atoms. The lowest BCUT2D eigenvalue weighted by Crippen LogP contribution is -2.51. The highest BCUT2D eigenvalue weighted by atomic mass is 19.1. The van der Waals surface area contributed by atoms with E-state index in [-0.39, 0.29) is 24.1 Å². The van der Waals surface area contributed by atoms with Gasteiger partial charge in [0.25, 0.3) is 0 Å². The van der Waals surface area contributed by atoms with Gasteiger partial charge < -0.3 is 10.2 Å². The van der Waals surface area contributed by atoms with E-state index in [0.717, 1.165) is 5.56 Å². The van der Waals surface area contributed by atoms with Crippen molar-refractivity contribution in [3.8, 4) is 0 Å². The zero-order valence-electron chi connectivity index (χ0n) is 15.2. The lowest BCUT2D eigenvalue weighted by Gasteiger charge is -2.34. The fourth-order valence-corrected chi connectivity index (χ4v) is 3.13. The number of nitrogens with zero attached hydrogens (tertiary/aromatic N) is 2. The van der Waals surface area contributed by atoms with Gasteiger partial charge in [0.05, 0.1) is 13.0 Å². The van der Waals surface area contributed by atoms with Gasteiger partial charge in [-0.3, -0.25) is 14.5 Å². The molecule has 0 aromatic heterocycles. The van der Waals surface area contributed by atoms with Crippen LogP contribution in [0.3, 0.4) is 0 Å². The molecule has 27 heavy (non-hydrogen) atoms. The molecule has 0 radical (unpaired) electrons. The van der Waals surface area contributed by atoms with Crippen molar-refractivity contribution >= 4 is 11.8 Å². The molecule has 1 N–H and O–H groups in total. The second-order valence-electron chi connectivity index (χ2n) is 6.69. The predicted molar refractivity (Wildman–Crippen MR) is 101 cm³/mol. The Morgan fingerprint density at radius 1 is 0.926 bits per heavy atom. The van der Waals surface area contributed by atoms with E-state index in [0.29, 0.717) is 44.8 Å². The summed E-state index contributed by atoms with van der Waals surface area (Å²) >= 11 is 0. The molecule has 0 unspecified atom stereocenters. The molecule has 1 aliphatic rings. The van der Waals surface area contributed by atoms with Crippen molar-refractivity contribution in [2.75, 3.05) is 32.7 Å². The highest BCUT2D eigenvalue weighted by Gasteiger charge is 2.23. The van der Waals surface area contributed by atoms with Crippen LogP contribution in [0.5, 0.6) is 0 Å². The Hall–Kier alpha value is -2.73. The highest BCUT2D eigenvalue weighted by Crippen LogP contribution is 2.10. The normalized spacial score (nSPS) is 14.8. The summed E-state index contributed by atoms with van der Waals surface area (Å²) in [5.41, 5.74) is 1.49. The second-order valence-corrected chi connectivity index (χ2v) is 6.69. The molecule has 5 nitrogen and oxygen atoms in total. The van der Waals surface area contributed by atoms with E-state index in [1.807, 2.05) is 35.2 Å². The number of carbonyl (C=O) groups is 2. The highest BCUT2D eigenvalue weighted by molar-refractivity contribution is 5.79. The Bertz CT molecular complexity index is 774. The van der Waals surface area contributed by atoms with Crippen LogP contribution in [-0.4, -0.2) is 54.3 Å². The fraction of sp³-hybridized carbons (Fsp3) is 0.333. The van der Waals surface area contributed by atoms with Crippen LogP contribution in [0.2, 0.25) is 0 Å². The van der Waals surface area contributed by atoms with Gasteiger partial charge in [0.1, 0.15) is 5.82 Å². The summed E-state index contributed by atoms with van der Waals surface area (Å²) in [4.78, 5) is 28.2. The van der Waals surface area contributed by atoms with Gasteiger partial charge >= 0.3 is 0 Å². The van der Waals surface area contributed by atoms with Gasteiger partial charge in [-0.1, -0.05) is 48.5 Å². The Morgan fingerprint density at radius 2 is 1.59 bits per heavy atom. The summed E-state index contributed by atoms with van der Waals surface area (Å²) in [6.45, 7) is 3.23. The number of benzene rings is 2. The van der Waals surface area contributed by atoms with Crippen LogP contribution in [0.15, 0.2) is 54.6 Å². The van der Waals surface area contributed by atoms with Crippen LogP contribution in [0, 0.1) is 5.82 Å². The third kappa shape index (κ3) is 5.62. The van der Waals surface area contributed by atoms with Crippen molar-refractivity contribution in [3.63, 3.8) is 0 Å². The first-order valence-corrected chi connectivity index (χ1v) is 9.16. The van der Waals surface area contributed by atoms with E-state index in [1.54, 1.807) is 23.1 Å². The molecular weight excluding hydrogens is 345 g/mol. The Kier molecular flexibility index (Phi) is 6.54.